The van der Waals surface area contributed by atoms with Gasteiger partial charge in [0.05, 0.1) is 29.7 Å². The van der Waals surface area contributed by atoms with Crippen LogP contribution in [0.5, 0.6) is 5.75 Å². The van der Waals surface area contributed by atoms with E-state index in [0.717, 1.165) is 12.0 Å². The SMILES string of the molecule is CCOC(=O)c1ccc(COc2ccc(N3C(=O)[C@H]4[C@H](C3=O)[C@H]3C=C[C@H]4C3)cc2)cc1. The minimum atomic E-state index is -0.343. The van der Waals surface area contributed by atoms with Crippen molar-refractivity contribution in [1.29, 1.82) is 0 Å². The number of benzene rings is 2. The smallest absolute Gasteiger partial charge is 0.338 e. The molecule has 2 fully saturated rings. The molecule has 2 aromatic rings. The first-order chi connectivity index (χ1) is 15.1. The fourth-order valence-corrected chi connectivity index (χ4v) is 4.97. The number of esters is 1. The first-order valence-corrected chi connectivity index (χ1v) is 10.6. The second-order valence-electron chi connectivity index (χ2n) is 8.21. The molecule has 158 valence electrons. The molecule has 1 saturated heterocycles. The fraction of sp³-hybridized carbons (Fsp3) is 0.320. The molecule has 4 atom stereocenters. The number of imide groups is 1. The van der Waals surface area contributed by atoms with Gasteiger partial charge in [-0.2, -0.15) is 0 Å². The summed E-state index contributed by atoms with van der Waals surface area (Å²) in [5, 5.41) is 0. The Morgan fingerprint density at radius 1 is 0.935 bits per heavy atom. The molecule has 0 radical (unpaired) electrons. The summed E-state index contributed by atoms with van der Waals surface area (Å²) in [6.07, 6.45) is 5.11. The zero-order valence-electron chi connectivity index (χ0n) is 17.2. The van der Waals surface area contributed by atoms with Crippen LogP contribution in [0, 0.1) is 23.7 Å². The number of anilines is 1. The number of hydrogen-bond acceptors (Lipinski definition) is 5. The molecule has 1 saturated carbocycles. The monoisotopic (exact) mass is 417 g/mol. The lowest BCUT2D eigenvalue weighted by Crippen LogP contribution is -2.32. The third kappa shape index (κ3) is 3.32. The van der Waals surface area contributed by atoms with E-state index >= 15 is 0 Å². The van der Waals surface area contributed by atoms with Gasteiger partial charge >= 0.3 is 5.97 Å². The highest BCUT2D eigenvalue weighted by Crippen LogP contribution is 2.53. The summed E-state index contributed by atoms with van der Waals surface area (Å²) in [5.41, 5.74) is 2.01. The molecule has 1 heterocycles. The second-order valence-corrected chi connectivity index (χ2v) is 8.21. The summed E-state index contributed by atoms with van der Waals surface area (Å²) in [4.78, 5) is 38.9. The summed E-state index contributed by atoms with van der Waals surface area (Å²) in [5.74, 6) is 0.142. The fourth-order valence-electron chi connectivity index (χ4n) is 4.97. The molecule has 0 N–H and O–H groups in total. The average Bonchev–Trinajstić information content (AvgIpc) is 3.47. The quantitative estimate of drug-likeness (QED) is 0.407. The van der Waals surface area contributed by atoms with E-state index in [4.69, 9.17) is 9.47 Å². The molecule has 5 rings (SSSR count). The molecule has 3 aliphatic rings. The van der Waals surface area contributed by atoms with Crippen molar-refractivity contribution in [3.8, 4) is 5.75 Å². The number of nitrogens with zero attached hydrogens (tertiary/aromatic N) is 1. The lowest BCUT2D eigenvalue weighted by molar-refractivity contribution is -0.123. The Kier molecular flexibility index (Phi) is 4.85. The lowest BCUT2D eigenvalue weighted by atomic mass is 9.85. The number of fused-ring (bicyclic) bond motifs is 5. The Hall–Kier alpha value is -3.41. The minimum absolute atomic E-state index is 0.0813. The van der Waals surface area contributed by atoms with Gasteiger partial charge in [0.2, 0.25) is 11.8 Å². The van der Waals surface area contributed by atoms with E-state index < -0.39 is 0 Å². The Bertz CT molecular complexity index is 1030. The number of carbonyl (C=O) groups excluding carboxylic acids is 3. The molecule has 0 spiro atoms. The van der Waals surface area contributed by atoms with E-state index in [0.29, 0.717) is 30.2 Å². The highest BCUT2D eigenvalue weighted by molar-refractivity contribution is 6.22. The van der Waals surface area contributed by atoms with Crippen molar-refractivity contribution in [2.24, 2.45) is 23.7 Å². The van der Waals surface area contributed by atoms with E-state index in [9.17, 15) is 14.4 Å². The standard InChI is InChI=1S/C25H23NO5/c1-2-30-25(29)16-5-3-15(4-6-16)14-31-20-11-9-19(10-12-20)26-23(27)21-17-7-8-18(13-17)22(21)24(26)28/h3-12,17-18,21-22H,2,13-14H2,1H3/t17-,18-,21+,22+/m0/s1. The van der Waals surface area contributed by atoms with E-state index in [-0.39, 0.29) is 41.5 Å². The van der Waals surface area contributed by atoms with Crippen LogP contribution in [0.3, 0.4) is 0 Å². The van der Waals surface area contributed by atoms with Crippen LogP contribution in [-0.4, -0.2) is 24.4 Å². The van der Waals surface area contributed by atoms with Crippen LogP contribution in [0.4, 0.5) is 5.69 Å². The molecular weight excluding hydrogens is 394 g/mol. The third-order valence-electron chi connectivity index (χ3n) is 6.44. The molecule has 6 nitrogen and oxygen atoms in total. The van der Waals surface area contributed by atoms with Gasteiger partial charge in [0.1, 0.15) is 12.4 Å². The van der Waals surface area contributed by atoms with Crippen LogP contribution in [0.2, 0.25) is 0 Å². The number of rotatable bonds is 6. The van der Waals surface area contributed by atoms with E-state index in [1.165, 1.54) is 4.90 Å². The van der Waals surface area contributed by atoms with Crippen LogP contribution in [0.25, 0.3) is 0 Å². The maximum absolute atomic E-state index is 12.9. The maximum Gasteiger partial charge on any atom is 0.338 e. The highest BCUT2D eigenvalue weighted by atomic mass is 16.5. The van der Waals surface area contributed by atoms with Crippen molar-refractivity contribution in [2.75, 3.05) is 11.5 Å². The summed E-state index contributed by atoms with van der Waals surface area (Å²) in [6.45, 7) is 2.45. The van der Waals surface area contributed by atoms with Crippen molar-refractivity contribution in [3.63, 3.8) is 0 Å². The molecule has 2 bridgehead atoms. The van der Waals surface area contributed by atoms with Crippen LogP contribution in [0.1, 0.15) is 29.3 Å². The molecule has 2 aliphatic carbocycles. The highest BCUT2D eigenvalue weighted by Gasteiger charge is 2.59. The Morgan fingerprint density at radius 2 is 1.55 bits per heavy atom. The van der Waals surface area contributed by atoms with Gasteiger partial charge in [0.15, 0.2) is 0 Å². The third-order valence-corrected chi connectivity index (χ3v) is 6.44. The summed E-state index contributed by atoms with van der Waals surface area (Å²) in [7, 11) is 0. The Morgan fingerprint density at radius 3 is 2.13 bits per heavy atom. The number of hydrogen-bond donors (Lipinski definition) is 0. The number of carbonyl (C=O) groups is 3. The van der Waals surface area contributed by atoms with Crippen molar-refractivity contribution in [3.05, 3.63) is 71.8 Å². The first kappa shape index (κ1) is 19.5. The van der Waals surface area contributed by atoms with Crippen molar-refractivity contribution >= 4 is 23.5 Å². The lowest BCUT2D eigenvalue weighted by Gasteiger charge is -2.17. The molecule has 31 heavy (non-hydrogen) atoms. The molecule has 0 unspecified atom stereocenters. The number of amides is 2. The summed E-state index contributed by atoms with van der Waals surface area (Å²) in [6, 6.07) is 14.1. The van der Waals surface area contributed by atoms with Gasteiger partial charge in [-0.3, -0.25) is 14.5 Å². The van der Waals surface area contributed by atoms with E-state index in [1.807, 2.05) is 12.1 Å². The van der Waals surface area contributed by atoms with Gasteiger partial charge in [-0.05, 0) is 67.1 Å². The largest absolute Gasteiger partial charge is 0.489 e. The predicted molar refractivity (Wildman–Crippen MR) is 113 cm³/mol. The van der Waals surface area contributed by atoms with Crippen LogP contribution >= 0.6 is 0 Å². The molecular formula is C25H23NO5. The first-order valence-electron chi connectivity index (χ1n) is 10.6. The topological polar surface area (TPSA) is 72.9 Å². The molecule has 2 aromatic carbocycles. The van der Waals surface area contributed by atoms with Gasteiger partial charge in [-0.15, -0.1) is 0 Å². The van der Waals surface area contributed by atoms with Gasteiger partial charge in [0, 0.05) is 0 Å². The second kappa shape index (κ2) is 7.69. The van der Waals surface area contributed by atoms with Crippen LogP contribution in [-0.2, 0) is 20.9 Å². The van der Waals surface area contributed by atoms with Gasteiger partial charge < -0.3 is 9.47 Å². The molecule has 1 aliphatic heterocycles. The van der Waals surface area contributed by atoms with Gasteiger partial charge in [-0.25, -0.2) is 4.79 Å². The zero-order chi connectivity index (χ0) is 21.5. The maximum atomic E-state index is 12.9. The number of allylic oxidation sites excluding steroid dienone is 2. The van der Waals surface area contributed by atoms with E-state index in [1.54, 1.807) is 43.3 Å². The van der Waals surface area contributed by atoms with Crippen molar-refractivity contribution in [2.45, 2.75) is 20.0 Å². The predicted octanol–water partition coefficient (Wildman–Crippen LogP) is 3.75. The molecule has 2 amide bonds. The van der Waals surface area contributed by atoms with Crippen molar-refractivity contribution in [1.82, 2.24) is 0 Å². The minimum Gasteiger partial charge on any atom is -0.489 e. The van der Waals surface area contributed by atoms with E-state index in [2.05, 4.69) is 12.2 Å². The Labute approximate surface area is 180 Å². The summed E-state index contributed by atoms with van der Waals surface area (Å²) < 4.78 is 10.8. The average molecular weight is 417 g/mol. The zero-order valence-corrected chi connectivity index (χ0v) is 17.2. The van der Waals surface area contributed by atoms with Gasteiger partial charge in [0.25, 0.3) is 0 Å². The number of ether oxygens (including phenoxy) is 2. The molecule has 0 aromatic heterocycles. The van der Waals surface area contributed by atoms with Crippen molar-refractivity contribution < 1.29 is 23.9 Å². The Balaban J connectivity index is 1.23. The van der Waals surface area contributed by atoms with Gasteiger partial charge in [-0.1, -0.05) is 24.3 Å². The normalized spacial score (nSPS) is 25.8. The van der Waals surface area contributed by atoms with Crippen LogP contribution < -0.4 is 9.64 Å². The molecule has 6 heteroatoms. The van der Waals surface area contributed by atoms with Crippen LogP contribution in [0.15, 0.2) is 60.7 Å². The summed E-state index contributed by atoms with van der Waals surface area (Å²) >= 11 is 0.